The van der Waals surface area contributed by atoms with E-state index in [9.17, 15) is 4.79 Å². The Morgan fingerprint density at radius 1 is 1.38 bits per heavy atom. The first-order valence-corrected chi connectivity index (χ1v) is 9.73. The zero-order valence-corrected chi connectivity index (χ0v) is 17.1. The van der Waals surface area contributed by atoms with Crippen LogP contribution in [0, 0.1) is 0 Å². The first-order valence-electron chi connectivity index (χ1n) is 8.86. The van der Waals surface area contributed by atoms with Gasteiger partial charge in [-0.05, 0) is 51.0 Å². The summed E-state index contributed by atoms with van der Waals surface area (Å²) in [5.41, 5.74) is 0.542. The molecule has 1 saturated heterocycles. The van der Waals surface area contributed by atoms with Crippen molar-refractivity contribution in [2.75, 3.05) is 40.3 Å². The molecule has 1 unspecified atom stereocenters. The molecule has 0 radical (unpaired) electrons. The highest BCUT2D eigenvalue weighted by Gasteiger charge is 2.21. The molecule has 0 aliphatic carbocycles. The number of rotatable bonds is 7. The molecular formula is C18H28ClN5OS. The third kappa shape index (κ3) is 5.54. The summed E-state index contributed by atoms with van der Waals surface area (Å²) in [5, 5.41) is 10.0. The van der Waals surface area contributed by atoms with Gasteiger partial charge in [0.05, 0.1) is 12.6 Å². The van der Waals surface area contributed by atoms with Crippen LogP contribution in [0.5, 0.6) is 0 Å². The van der Waals surface area contributed by atoms with Crippen LogP contribution in [0.2, 0.25) is 0 Å². The van der Waals surface area contributed by atoms with Crippen LogP contribution in [0.1, 0.15) is 34.2 Å². The second kappa shape index (κ2) is 10.1. The van der Waals surface area contributed by atoms with Gasteiger partial charge in [-0.25, -0.2) is 0 Å². The summed E-state index contributed by atoms with van der Waals surface area (Å²) < 4.78 is 1.95. The second-order valence-corrected chi connectivity index (χ2v) is 7.82. The Labute approximate surface area is 165 Å². The molecule has 6 nitrogen and oxygen atoms in total. The second-order valence-electron chi connectivity index (χ2n) is 6.79. The minimum absolute atomic E-state index is 0. The van der Waals surface area contributed by atoms with Crippen LogP contribution in [-0.4, -0.2) is 65.8 Å². The standard InChI is InChI=1S/C18H27N5OS.ClH/c1-21(2)10-11-22(14-16-6-4-12-25-16)18(24)17-7-9-23(20-17)15-5-3-8-19-13-15;/h4,6-7,9,12,15,19H,3,5,8,10-11,13-14H2,1-2H3;1H. The van der Waals surface area contributed by atoms with Gasteiger partial charge >= 0.3 is 0 Å². The van der Waals surface area contributed by atoms with Gasteiger partial charge in [0.25, 0.3) is 5.91 Å². The Morgan fingerprint density at radius 3 is 2.88 bits per heavy atom. The molecule has 1 amide bonds. The highest BCUT2D eigenvalue weighted by atomic mass is 35.5. The molecule has 3 rings (SSSR count). The van der Waals surface area contributed by atoms with Crippen LogP contribution in [0.4, 0.5) is 0 Å². The largest absolute Gasteiger partial charge is 0.331 e. The molecule has 3 heterocycles. The van der Waals surface area contributed by atoms with Crippen molar-refractivity contribution in [2.24, 2.45) is 0 Å². The van der Waals surface area contributed by atoms with Gasteiger partial charge in [-0.15, -0.1) is 23.7 Å². The predicted molar refractivity (Wildman–Crippen MR) is 108 cm³/mol. The van der Waals surface area contributed by atoms with Crippen LogP contribution >= 0.6 is 23.7 Å². The number of piperidine rings is 1. The summed E-state index contributed by atoms with van der Waals surface area (Å²) in [7, 11) is 4.05. The normalized spacial score (nSPS) is 17.1. The molecule has 2 aromatic rings. The number of carbonyl (C=O) groups excluding carboxylic acids is 1. The Bertz CT molecular complexity index is 667. The number of amides is 1. The van der Waals surface area contributed by atoms with E-state index >= 15 is 0 Å². The highest BCUT2D eigenvalue weighted by molar-refractivity contribution is 7.09. The molecule has 1 aliphatic heterocycles. The van der Waals surface area contributed by atoms with E-state index in [2.05, 4.69) is 26.8 Å². The summed E-state index contributed by atoms with van der Waals surface area (Å²) >= 11 is 1.68. The molecule has 1 aliphatic rings. The third-order valence-electron chi connectivity index (χ3n) is 4.50. The van der Waals surface area contributed by atoms with Gasteiger partial charge in [-0.3, -0.25) is 9.48 Å². The molecule has 0 spiro atoms. The van der Waals surface area contributed by atoms with Gasteiger partial charge in [0, 0.05) is 30.7 Å². The average molecular weight is 398 g/mol. The summed E-state index contributed by atoms with van der Waals surface area (Å²) in [5.74, 6) is 0.0118. The van der Waals surface area contributed by atoms with Crippen molar-refractivity contribution in [1.29, 1.82) is 0 Å². The minimum atomic E-state index is 0. The number of nitrogens with one attached hydrogen (secondary N) is 1. The number of hydrogen-bond donors (Lipinski definition) is 1. The monoisotopic (exact) mass is 397 g/mol. The molecule has 26 heavy (non-hydrogen) atoms. The minimum Gasteiger partial charge on any atom is -0.331 e. The van der Waals surface area contributed by atoms with Crippen molar-refractivity contribution in [2.45, 2.75) is 25.4 Å². The van der Waals surface area contributed by atoms with Crippen molar-refractivity contribution in [3.8, 4) is 0 Å². The first-order chi connectivity index (χ1) is 12.1. The van der Waals surface area contributed by atoms with E-state index in [0.29, 0.717) is 24.8 Å². The number of nitrogens with zero attached hydrogens (tertiary/aromatic N) is 4. The van der Waals surface area contributed by atoms with E-state index in [4.69, 9.17) is 0 Å². The fourth-order valence-electron chi connectivity index (χ4n) is 3.04. The summed E-state index contributed by atoms with van der Waals surface area (Å²) in [6, 6.07) is 6.31. The van der Waals surface area contributed by atoms with Crippen molar-refractivity contribution in [1.82, 2.24) is 24.9 Å². The Balaban J connectivity index is 0.00000243. The van der Waals surface area contributed by atoms with Gasteiger partial charge < -0.3 is 15.1 Å². The molecule has 1 fully saturated rings. The average Bonchev–Trinajstić information content (AvgIpc) is 3.30. The maximum absolute atomic E-state index is 13.0. The van der Waals surface area contributed by atoms with Crippen molar-refractivity contribution in [3.63, 3.8) is 0 Å². The zero-order valence-electron chi connectivity index (χ0n) is 15.4. The van der Waals surface area contributed by atoms with E-state index < -0.39 is 0 Å². The Hall–Kier alpha value is -1.41. The third-order valence-corrected chi connectivity index (χ3v) is 5.36. The Morgan fingerprint density at radius 2 is 2.23 bits per heavy atom. The summed E-state index contributed by atoms with van der Waals surface area (Å²) in [4.78, 5) is 18.2. The molecule has 1 N–H and O–H groups in total. The fourth-order valence-corrected chi connectivity index (χ4v) is 3.76. The quantitative estimate of drug-likeness (QED) is 0.779. The van der Waals surface area contributed by atoms with E-state index in [1.807, 2.05) is 42.0 Å². The molecule has 1 atom stereocenters. The molecule has 8 heteroatoms. The number of carbonyl (C=O) groups is 1. The SMILES string of the molecule is CN(C)CCN(Cc1cccs1)C(=O)c1ccn(C2CCCNC2)n1.Cl. The fraction of sp³-hybridized carbons (Fsp3) is 0.556. The van der Waals surface area contributed by atoms with E-state index in [1.165, 1.54) is 4.88 Å². The number of likely N-dealkylation sites (N-methyl/N-ethyl adjacent to an activating group) is 1. The van der Waals surface area contributed by atoms with Crippen molar-refractivity contribution in [3.05, 3.63) is 40.3 Å². The lowest BCUT2D eigenvalue weighted by Gasteiger charge is -2.24. The summed E-state index contributed by atoms with van der Waals surface area (Å²) in [6.45, 7) is 4.17. The van der Waals surface area contributed by atoms with E-state index in [1.54, 1.807) is 11.3 Å². The molecule has 0 bridgehead atoms. The molecular weight excluding hydrogens is 370 g/mol. The number of thiophene rings is 1. The zero-order chi connectivity index (χ0) is 17.6. The molecule has 0 aromatic carbocycles. The number of halogens is 1. The lowest BCUT2D eigenvalue weighted by Crippen LogP contribution is -2.36. The van der Waals surface area contributed by atoms with Gasteiger partial charge in [0.15, 0.2) is 0 Å². The van der Waals surface area contributed by atoms with Crippen LogP contribution < -0.4 is 5.32 Å². The smallest absolute Gasteiger partial charge is 0.274 e. The molecule has 0 saturated carbocycles. The highest BCUT2D eigenvalue weighted by Crippen LogP contribution is 2.18. The maximum Gasteiger partial charge on any atom is 0.274 e. The molecule has 2 aromatic heterocycles. The van der Waals surface area contributed by atoms with Gasteiger partial charge in [-0.1, -0.05) is 6.07 Å². The van der Waals surface area contributed by atoms with Crippen LogP contribution in [0.15, 0.2) is 29.8 Å². The maximum atomic E-state index is 13.0. The predicted octanol–water partition coefficient (Wildman–Crippen LogP) is 2.49. The first kappa shape index (κ1) is 20.9. The van der Waals surface area contributed by atoms with Crippen LogP contribution in [0.25, 0.3) is 0 Å². The van der Waals surface area contributed by atoms with Crippen molar-refractivity contribution < 1.29 is 4.79 Å². The molecule has 144 valence electrons. The lowest BCUT2D eigenvalue weighted by atomic mass is 10.1. The van der Waals surface area contributed by atoms with Gasteiger partial charge in [-0.2, -0.15) is 5.10 Å². The van der Waals surface area contributed by atoms with Crippen molar-refractivity contribution >= 4 is 29.7 Å². The van der Waals surface area contributed by atoms with E-state index in [-0.39, 0.29) is 18.3 Å². The van der Waals surface area contributed by atoms with E-state index in [0.717, 1.165) is 32.5 Å². The van der Waals surface area contributed by atoms with Crippen LogP contribution in [-0.2, 0) is 6.54 Å². The summed E-state index contributed by atoms with van der Waals surface area (Å²) in [6.07, 6.45) is 4.21. The van der Waals surface area contributed by atoms with Gasteiger partial charge in [0.2, 0.25) is 0 Å². The number of aromatic nitrogens is 2. The Kier molecular flexibility index (Phi) is 8.09. The topological polar surface area (TPSA) is 53.4 Å². The lowest BCUT2D eigenvalue weighted by molar-refractivity contribution is 0.0726. The number of hydrogen-bond acceptors (Lipinski definition) is 5. The van der Waals surface area contributed by atoms with Crippen LogP contribution in [0.3, 0.4) is 0 Å². The van der Waals surface area contributed by atoms with Gasteiger partial charge in [0.1, 0.15) is 5.69 Å².